The molecule has 5 heteroatoms. The summed E-state index contributed by atoms with van der Waals surface area (Å²) in [7, 11) is 0. The number of aromatic nitrogens is 1. The molecule has 0 bridgehead atoms. The van der Waals surface area contributed by atoms with E-state index in [1.165, 1.54) is 5.56 Å². The monoisotopic (exact) mass is 493 g/mol. The van der Waals surface area contributed by atoms with Gasteiger partial charge in [0.15, 0.2) is 0 Å². The van der Waals surface area contributed by atoms with Crippen LogP contribution in [0.25, 0.3) is 21.9 Å². The van der Waals surface area contributed by atoms with E-state index in [9.17, 15) is 4.79 Å². The van der Waals surface area contributed by atoms with E-state index in [4.69, 9.17) is 4.98 Å². The Labute approximate surface area is 217 Å². The van der Waals surface area contributed by atoms with Crippen LogP contribution in [-0.4, -0.2) is 34.5 Å². The molecule has 1 saturated heterocycles. The van der Waals surface area contributed by atoms with Gasteiger partial charge in [-0.25, -0.2) is 4.31 Å². The summed E-state index contributed by atoms with van der Waals surface area (Å²) in [5.41, 5.74) is 6.29. The number of para-hydroxylation sites is 1. The standard InChI is InChI=1S/C31H31N3OS/c1-30(2,3)23-15-13-21(14-16-23)28-24-10-6-5-9-22(24)17-32-26(28)18-34-27-12-8-7-11-25(27)31(29(34)35)19-33(20-31)36-4/h5-17H,18-20H2,1-4H3. The van der Waals surface area contributed by atoms with E-state index in [2.05, 4.69) is 92.0 Å². The van der Waals surface area contributed by atoms with Gasteiger partial charge in [0.25, 0.3) is 0 Å². The smallest absolute Gasteiger partial charge is 0.240 e. The lowest BCUT2D eigenvalue weighted by atomic mass is 9.76. The number of fused-ring (bicyclic) bond motifs is 3. The number of rotatable bonds is 4. The maximum Gasteiger partial charge on any atom is 0.240 e. The number of hydrogen-bond acceptors (Lipinski definition) is 4. The molecule has 0 unspecified atom stereocenters. The molecule has 36 heavy (non-hydrogen) atoms. The summed E-state index contributed by atoms with van der Waals surface area (Å²) in [5, 5.41) is 2.27. The van der Waals surface area contributed by atoms with E-state index < -0.39 is 5.41 Å². The number of carbonyl (C=O) groups excluding carboxylic acids is 1. The fourth-order valence-electron chi connectivity index (χ4n) is 5.68. The van der Waals surface area contributed by atoms with E-state index in [0.29, 0.717) is 6.54 Å². The molecule has 1 spiro atoms. The first-order valence-corrected chi connectivity index (χ1v) is 13.7. The fourth-order valence-corrected chi connectivity index (χ4v) is 6.38. The largest absolute Gasteiger partial charge is 0.305 e. The molecule has 2 aliphatic heterocycles. The van der Waals surface area contributed by atoms with Crippen LogP contribution in [0.5, 0.6) is 0 Å². The van der Waals surface area contributed by atoms with Crippen LogP contribution in [0.15, 0.2) is 79.0 Å². The van der Waals surface area contributed by atoms with Gasteiger partial charge in [0.2, 0.25) is 5.91 Å². The lowest BCUT2D eigenvalue weighted by Crippen LogP contribution is -2.61. The highest BCUT2D eigenvalue weighted by Gasteiger charge is 2.57. The number of amides is 1. The molecule has 0 radical (unpaired) electrons. The molecule has 0 aliphatic carbocycles. The third-order valence-electron chi connectivity index (χ3n) is 7.74. The summed E-state index contributed by atoms with van der Waals surface area (Å²) in [6.07, 6.45) is 4.02. The Hall–Kier alpha value is -3.15. The molecule has 1 aromatic heterocycles. The second-order valence-corrected chi connectivity index (χ2v) is 11.8. The van der Waals surface area contributed by atoms with Gasteiger partial charge in [0.05, 0.1) is 12.2 Å². The van der Waals surface area contributed by atoms with Gasteiger partial charge in [0.1, 0.15) is 5.41 Å². The average molecular weight is 494 g/mol. The van der Waals surface area contributed by atoms with E-state index in [-0.39, 0.29) is 11.3 Å². The number of anilines is 1. The van der Waals surface area contributed by atoms with Crippen molar-refractivity contribution in [3.8, 4) is 11.1 Å². The Kier molecular flexibility index (Phi) is 5.47. The third-order valence-corrected chi connectivity index (χ3v) is 8.52. The van der Waals surface area contributed by atoms with E-state index >= 15 is 0 Å². The van der Waals surface area contributed by atoms with Crippen LogP contribution in [0.4, 0.5) is 5.69 Å². The second kappa shape index (κ2) is 8.46. The summed E-state index contributed by atoms with van der Waals surface area (Å²) in [6.45, 7) is 8.67. The van der Waals surface area contributed by atoms with Crippen molar-refractivity contribution in [3.05, 3.63) is 95.8 Å². The zero-order valence-corrected chi connectivity index (χ0v) is 22.1. The third kappa shape index (κ3) is 3.56. The number of hydrogen-bond donors (Lipinski definition) is 0. The van der Waals surface area contributed by atoms with Crippen molar-refractivity contribution in [2.75, 3.05) is 24.2 Å². The zero-order chi connectivity index (χ0) is 25.1. The maximum atomic E-state index is 14.0. The zero-order valence-electron chi connectivity index (χ0n) is 21.3. The lowest BCUT2D eigenvalue weighted by molar-refractivity contribution is -0.126. The van der Waals surface area contributed by atoms with Crippen LogP contribution in [0.2, 0.25) is 0 Å². The van der Waals surface area contributed by atoms with Crippen LogP contribution >= 0.6 is 11.9 Å². The van der Waals surface area contributed by atoms with Crippen molar-refractivity contribution >= 4 is 34.3 Å². The van der Waals surface area contributed by atoms with Gasteiger partial charge < -0.3 is 4.90 Å². The first kappa shape index (κ1) is 23.3. The first-order valence-electron chi connectivity index (χ1n) is 12.5. The Morgan fingerprint density at radius 3 is 2.36 bits per heavy atom. The van der Waals surface area contributed by atoms with Gasteiger partial charge in [-0.15, -0.1) is 0 Å². The fraction of sp³-hybridized carbons (Fsp3) is 0.290. The van der Waals surface area contributed by atoms with Gasteiger partial charge in [-0.1, -0.05) is 99.4 Å². The van der Waals surface area contributed by atoms with Crippen molar-refractivity contribution in [1.82, 2.24) is 9.29 Å². The van der Waals surface area contributed by atoms with Crippen LogP contribution < -0.4 is 4.90 Å². The Morgan fingerprint density at radius 1 is 0.944 bits per heavy atom. The Morgan fingerprint density at radius 2 is 1.64 bits per heavy atom. The van der Waals surface area contributed by atoms with Gasteiger partial charge >= 0.3 is 0 Å². The summed E-state index contributed by atoms with van der Waals surface area (Å²) in [5.74, 6) is 0.193. The SMILES string of the molecule is CSN1CC2(C1)C(=O)N(Cc1ncc3ccccc3c1-c1ccc(C(C)(C)C)cc1)c1ccccc12. The highest BCUT2D eigenvalue weighted by Crippen LogP contribution is 2.49. The molecule has 3 aromatic carbocycles. The lowest BCUT2D eigenvalue weighted by Gasteiger charge is -2.45. The summed E-state index contributed by atoms with van der Waals surface area (Å²) in [4.78, 5) is 20.9. The maximum absolute atomic E-state index is 14.0. The van der Waals surface area contributed by atoms with E-state index in [1.54, 1.807) is 11.9 Å². The van der Waals surface area contributed by atoms with Gasteiger partial charge in [-0.2, -0.15) is 0 Å². The molecule has 1 fully saturated rings. The van der Waals surface area contributed by atoms with Crippen LogP contribution in [0.1, 0.15) is 37.6 Å². The molecule has 4 nitrogen and oxygen atoms in total. The molecule has 0 N–H and O–H groups in total. The Bertz CT molecular complexity index is 1470. The normalized spacial score (nSPS) is 17.0. The molecule has 3 heterocycles. The number of nitrogens with zero attached hydrogens (tertiary/aromatic N) is 3. The Balaban J connectivity index is 1.45. The van der Waals surface area contributed by atoms with Crippen LogP contribution in [0, 0.1) is 0 Å². The van der Waals surface area contributed by atoms with Crippen molar-refractivity contribution in [3.63, 3.8) is 0 Å². The average Bonchev–Trinajstić information content (AvgIpc) is 3.10. The molecular formula is C31H31N3OS. The number of pyridine rings is 1. The summed E-state index contributed by atoms with van der Waals surface area (Å²) < 4.78 is 2.26. The molecular weight excluding hydrogens is 462 g/mol. The van der Waals surface area contributed by atoms with Crippen LogP contribution in [-0.2, 0) is 22.2 Å². The molecule has 6 rings (SSSR count). The molecule has 4 aromatic rings. The predicted octanol–water partition coefficient (Wildman–Crippen LogP) is 6.58. The molecule has 1 amide bonds. The minimum Gasteiger partial charge on any atom is -0.305 e. The first-order chi connectivity index (χ1) is 17.3. The number of benzene rings is 3. The molecule has 2 aliphatic rings. The van der Waals surface area contributed by atoms with Crippen LogP contribution in [0.3, 0.4) is 0 Å². The van der Waals surface area contributed by atoms with Crippen molar-refractivity contribution in [1.29, 1.82) is 0 Å². The highest BCUT2D eigenvalue weighted by atomic mass is 32.2. The summed E-state index contributed by atoms with van der Waals surface area (Å²) in [6, 6.07) is 25.5. The topological polar surface area (TPSA) is 36.4 Å². The molecule has 0 atom stereocenters. The van der Waals surface area contributed by atoms with Crippen molar-refractivity contribution in [2.45, 2.75) is 38.1 Å². The molecule has 0 saturated carbocycles. The van der Waals surface area contributed by atoms with Gasteiger partial charge in [0, 0.05) is 35.9 Å². The number of carbonyl (C=O) groups is 1. The van der Waals surface area contributed by atoms with Gasteiger partial charge in [-0.3, -0.25) is 9.78 Å². The summed E-state index contributed by atoms with van der Waals surface area (Å²) >= 11 is 1.71. The molecule has 182 valence electrons. The van der Waals surface area contributed by atoms with E-state index in [0.717, 1.165) is 51.9 Å². The van der Waals surface area contributed by atoms with Crippen molar-refractivity contribution < 1.29 is 4.79 Å². The quantitative estimate of drug-likeness (QED) is 0.301. The predicted molar refractivity (Wildman–Crippen MR) is 150 cm³/mol. The van der Waals surface area contributed by atoms with Crippen molar-refractivity contribution in [2.24, 2.45) is 0 Å². The van der Waals surface area contributed by atoms with E-state index in [1.807, 2.05) is 23.2 Å². The highest BCUT2D eigenvalue weighted by molar-refractivity contribution is 7.96. The second-order valence-electron chi connectivity index (χ2n) is 11.0. The minimum atomic E-state index is -0.440. The minimum absolute atomic E-state index is 0.0891. The van der Waals surface area contributed by atoms with Gasteiger partial charge in [-0.05, 0) is 39.8 Å².